The lowest BCUT2D eigenvalue weighted by atomic mass is 10.1. The molecule has 0 spiro atoms. The third kappa shape index (κ3) is 5.14. The highest BCUT2D eigenvalue weighted by molar-refractivity contribution is 5.95. The van der Waals surface area contributed by atoms with Crippen molar-refractivity contribution in [3.63, 3.8) is 0 Å². The van der Waals surface area contributed by atoms with Crippen LogP contribution >= 0.6 is 0 Å². The molecule has 1 amide bonds. The van der Waals surface area contributed by atoms with Gasteiger partial charge in [-0.2, -0.15) is 18.4 Å². The van der Waals surface area contributed by atoms with Crippen LogP contribution in [-0.2, 0) is 15.7 Å². The molecule has 0 heterocycles. The molecule has 0 bridgehead atoms. The molecule has 0 aliphatic heterocycles. The summed E-state index contributed by atoms with van der Waals surface area (Å²) in [6.45, 7) is 0.876. The molecule has 0 radical (unpaired) electrons. The van der Waals surface area contributed by atoms with Crippen molar-refractivity contribution in [2.75, 3.05) is 6.54 Å². The molecule has 0 aliphatic carbocycles. The molecule has 5 nitrogen and oxygen atoms in total. The number of benzene rings is 1. The fourth-order valence-corrected chi connectivity index (χ4v) is 1.33. The predicted molar refractivity (Wildman–Crippen MR) is 64.9 cm³/mol. The Kier molecular flexibility index (Phi) is 5.30. The maximum Gasteiger partial charge on any atom is 0.416 e. The lowest BCUT2D eigenvalue weighted by molar-refractivity contribution is -0.144. The minimum atomic E-state index is -4.48. The van der Waals surface area contributed by atoms with Crippen molar-refractivity contribution in [1.29, 1.82) is 5.26 Å². The van der Waals surface area contributed by atoms with E-state index in [1.54, 1.807) is 6.07 Å². The van der Waals surface area contributed by atoms with E-state index in [9.17, 15) is 22.8 Å². The summed E-state index contributed by atoms with van der Waals surface area (Å²) in [5.74, 6) is -1.53. The van der Waals surface area contributed by atoms with E-state index in [0.29, 0.717) is 0 Å². The van der Waals surface area contributed by atoms with E-state index in [1.807, 2.05) is 0 Å². The van der Waals surface area contributed by atoms with Crippen molar-refractivity contribution in [1.82, 2.24) is 5.32 Å². The highest BCUT2D eigenvalue weighted by Crippen LogP contribution is 2.28. The van der Waals surface area contributed by atoms with Gasteiger partial charge in [-0.15, -0.1) is 0 Å². The van der Waals surface area contributed by atoms with Crippen molar-refractivity contribution in [2.24, 2.45) is 0 Å². The highest BCUT2D eigenvalue weighted by Gasteiger charge is 2.30. The van der Waals surface area contributed by atoms with E-state index in [1.165, 1.54) is 6.92 Å². The van der Waals surface area contributed by atoms with Crippen LogP contribution in [0.2, 0.25) is 0 Å². The smallest absolute Gasteiger partial charge is 0.416 e. The minimum Gasteiger partial charge on any atom is -0.446 e. The third-order valence-electron chi connectivity index (χ3n) is 2.36. The van der Waals surface area contributed by atoms with Crippen molar-refractivity contribution < 1.29 is 27.5 Å². The fourth-order valence-electron chi connectivity index (χ4n) is 1.33. The number of nitrogens with one attached hydrogen (secondary N) is 1. The summed E-state index contributed by atoms with van der Waals surface area (Å²) in [5.41, 5.74) is -0.898. The monoisotopic (exact) mass is 300 g/mol. The molecule has 1 unspecified atom stereocenters. The number of ether oxygens (including phenoxy) is 1. The Hall–Kier alpha value is -2.56. The van der Waals surface area contributed by atoms with E-state index < -0.39 is 36.3 Å². The molecule has 112 valence electrons. The molecule has 1 atom stereocenters. The van der Waals surface area contributed by atoms with E-state index in [4.69, 9.17) is 5.26 Å². The highest BCUT2D eigenvalue weighted by atomic mass is 19.4. The second-order valence-corrected chi connectivity index (χ2v) is 4.02. The van der Waals surface area contributed by atoms with Crippen molar-refractivity contribution in [3.05, 3.63) is 35.4 Å². The first-order chi connectivity index (χ1) is 9.74. The molecule has 1 rings (SSSR count). The van der Waals surface area contributed by atoms with Crippen LogP contribution in [0.1, 0.15) is 22.8 Å². The summed E-state index contributed by atoms with van der Waals surface area (Å²) in [5, 5.41) is 10.6. The summed E-state index contributed by atoms with van der Waals surface area (Å²) in [4.78, 5) is 22.8. The van der Waals surface area contributed by atoms with Crippen LogP contribution in [0, 0.1) is 11.3 Å². The first kappa shape index (κ1) is 16.5. The molecule has 1 N–H and O–H groups in total. The first-order valence-electron chi connectivity index (χ1n) is 5.78. The second-order valence-electron chi connectivity index (χ2n) is 4.02. The van der Waals surface area contributed by atoms with Crippen molar-refractivity contribution in [3.8, 4) is 6.07 Å². The molecule has 0 aliphatic rings. The number of hydrogen-bond donors (Lipinski definition) is 1. The number of halogens is 3. The van der Waals surface area contributed by atoms with Crippen LogP contribution in [0.15, 0.2) is 24.3 Å². The number of carbonyl (C=O) groups is 2. The minimum absolute atomic E-state index is 0.0240. The summed E-state index contributed by atoms with van der Waals surface area (Å²) in [6.07, 6.45) is -5.42. The van der Waals surface area contributed by atoms with E-state index in [2.05, 4.69) is 10.1 Å². The van der Waals surface area contributed by atoms with E-state index >= 15 is 0 Å². The van der Waals surface area contributed by atoms with Gasteiger partial charge in [0.2, 0.25) is 0 Å². The molecule has 21 heavy (non-hydrogen) atoms. The quantitative estimate of drug-likeness (QED) is 0.861. The van der Waals surface area contributed by atoms with Gasteiger partial charge in [-0.05, 0) is 31.2 Å². The summed E-state index contributed by atoms with van der Waals surface area (Å²) < 4.78 is 41.6. The SMILES string of the molecule is CC(C#N)OC(=O)CNC(=O)c1ccc(C(F)(F)F)cc1. The lowest BCUT2D eigenvalue weighted by Crippen LogP contribution is -2.31. The Morgan fingerprint density at radius 1 is 1.33 bits per heavy atom. The number of carbonyl (C=O) groups excluding carboxylic acids is 2. The van der Waals surface area contributed by atoms with Gasteiger partial charge < -0.3 is 10.1 Å². The van der Waals surface area contributed by atoms with Gasteiger partial charge in [0.25, 0.3) is 5.91 Å². The molecule has 0 saturated heterocycles. The van der Waals surface area contributed by atoms with Crippen LogP contribution in [-0.4, -0.2) is 24.5 Å². The molecule has 0 aromatic heterocycles. The Bertz CT molecular complexity index is 562. The Labute approximate surface area is 118 Å². The number of hydrogen-bond acceptors (Lipinski definition) is 4. The van der Waals surface area contributed by atoms with Crippen molar-refractivity contribution in [2.45, 2.75) is 19.2 Å². The van der Waals surface area contributed by atoms with Crippen LogP contribution in [0.25, 0.3) is 0 Å². The number of nitrogens with zero attached hydrogens (tertiary/aromatic N) is 1. The van der Waals surface area contributed by atoms with Crippen LogP contribution in [0.5, 0.6) is 0 Å². The largest absolute Gasteiger partial charge is 0.446 e. The molecular weight excluding hydrogens is 289 g/mol. The third-order valence-corrected chi connectivity index (χ3v) is 2.36. The maximum absolute atomic E-state index is 12.3. The fraction of sp³-hybridized carbons (Fsp3) is 0.308. The van der Waals surface area contributed by atoms with Gasteiger partial charge in [0.15, 0.2) is 6.10 Å². The van der Waals surface area contributed by atoms with Gasteiger partial charge in [-0.3, -0.25) is 9.59 Å². The molecular formula is C13H11F3N2O3. The average Bonchev–Trinajstić information content (AvgIpc) is 2.43. The molecule has 1 aromatic carbocycles. The topological polar surface area (TPSA) is 79.2 Å². The number of amides is 1. The normalized spacial score (nSPS) is 12.1. The standard InChI is InChI=1S/C13H11F3N2O3/c1-8(6-17)21-11(19)7-18-12(20)9-2-4-10(5-3-9)13(14,15)16/h2-5,8H,7H2,1H3,(H,18,20). The van der Waals surface area contributed by atoms with Gasteiger partial charge in [0.1, 0.15) is 12.6 Å². The Balaban J connectivity index is 2.57. The summed E-state index contributed by atoms with van der Waals surface area (Å²) >= 11 is 0. The van der Waals surface area contributed by atoms with Crippen LogP contribution < -0.4 is 5.32 Å². The molecule has 8 heteroatoms. The van der Waals surface area contributed by atoms with Gasteiger partial charge in [-0.1, -0.05) is 0 Å². The lowest BCUT2D eigenvalue weighted by Gasteiger charge is -2.09. The molecule has 0 fully saturated rings. The van der Waals surface area contributed by atoms with E-state index in [0.717, 1.165) is 24.3 Å². The number of esters is 1. The van der Waals surface area contributed by atoms with Crippen LogP contribution in [0.3, 0.4) is 0 Å². The zero-order chi connectivity index (χ0) is 16.0. The zero-order valence-corrected chi connectivity index (χ0v) is 10.9. The average molecular weight is 300 g/mol. The second kappa shape index (κ2) is 6.74. The van der Waals surface area contributed by atoms with Gasteiger partial charge in [-0.25, -0.2) is 0 Å². The number of alkyl halides is 3. The zero-order valence-electron chi connectivity index (χ0n) is 10.9. The molecule has 1 aromatic rings. The Morgan fingerprint density at radius 3 is 2.38 bits per heavy atom. The molecule has 0 saturated carbocycles. The van der Waals surface area contributed by atoms with Crippen molar-refractivity contribution >= 4 is 11.9 Å². The summed E-state index contributed by atoms with van der Waals surface area (Å²) in [6, 6.07) is 5.21. The van der Waals surface area contributed by atoms with Crippen LogP contribution in [0.4, 0.5) is 13.2 Å². The maximum atomic E-state index is 12.3. The number of nitriles is 1. The predicted octanol–water partition coefficient (Wildman–Crippen LogP) is 1.89. The first-order valence-corrected chi connectivity index (χ1v) is 5.78. The van der Waals surface area contributed by atoms with Gasteiger partial charge in [0, 0.05) is 5.56 Å². The van der Waals surface area contributed by atoms with E-state index in [-0.39, 0.29) is 5.56 Å². The summed E-state index contributed by atoms with van der Waals surface area (Å²) in [7, 11) is 0. The van der Waals surface area contributed by atoms with Gasteiger partial charge >= 0.3 is 12.1 Å². The Morgan fingerprint density at radius 2 is 1.90 bits per heavy atom. The number of rotatable bonds is 4. The van der Waals surface area contributed by atoms with Gasteiger partial charge in [0.05, 0.1) is 5.56 Å².